The van der Waals surface area contributed by atoms with Crippen molar-refractivity contribution in [3.05, 3.63) is 41.5 Å². The predicted molar refractivity (Wildman–Crippen MR) is 138 cm³/mol. The molecule has 5 rings (SSSR count). The lowest BCUT2D eigenvalue weighted by molar-refractivity contribution is 0.0221. The Kier molecular flexibility index (Phi) is 8.44. The van der Waals surface area contributed by atoms with Crippen molar-refractivity contribution in [1.82, 2.24) is 20.6 Å². The van der Waals surface area contributed by atoms with Gasteiger partial charge < -0.3 is 41.0 Å². The highest BCUT2D eigenvalue weighted by Gasteiger charge is 2.27. The van der Waals surface area contributed by atoms with Gasteiger partial charge in [0.05, 0.1) is 19.3 Å². The SMILES string of the molecule is NCc1ccc(N2CCN(c3nc(C4CNCCO4)nc(NCCC4CNCCO4)c3F)CC2)cc1. The van der Waals surface area contributed by atoms with Gasteiger partial charge in [-0.2, -0.15) is 4.39 Å². The van der Waals surface area contributed by atoms with Crippen molar-refractivity contribution in [2.45, 2.75) is 25.2 Å². The van der Waals surface area contributed by atoms with Gasteiger partial charge in [0.2, 0.25) is 5.82 Å². The standard InChI is InChI=1S/C25H37FN8O2/c26-22-24(30-6-5-20-16-28-7-13-35-20)31-23(21-17-29-8-14-36-21)32-25(22)34-11-9-33(10-12-34)19-3-1-18(15-27)2-4-19/h1-4,20-21,28-29H,5-17,27H2,(H,30,31,32). The quantitative estimate of drug-likeness (QED) is 0.416. The molecule has 3 aliphatic heterocycles. The number of hydrogen-bond donors (Lipinski definition) is 4. The third-order valence-electron chi connectivity index (χ3n) is 6.95. The summed E-state index contributed by atoms with van der Waals surface area (Å²) in [5.41, 5.74) is 7.99. The molecule has 1 aromatic carbocycles. The first-order valence-corrected chi connectivity index (χ1v) is 13.0. The van der Waals surface area contributed by atoms with E-state index >= 15 is 4.39 Å². The number of piperazine rings is 1. The molecule has 1 aromatic heterocycles. The first-order valence-electron chi connectivity index (χ1n) is 13.0. The van der Waals surface area contributed by atoms with Crippen LogP contribution in [0.3, 0.4) is 0 Å². The maximum absolute atomic E-state index is 15.7. The zero-order valence-corrected chi connectivity index (χ0v) is 20.7. The van der Waals surface area contributed by atoms with E-state index in [1.165, 1.54) is 0 Å². The monoisotopic (exact) mass is 500 g/mol. The Morgan fingerprint density at radius 1 is 0.972 bits per heavy atom. The van der Waals surface area contributed by atoms with E-state index in [1.54, 1.807) is 0 Å². The molecular formula is C25H37FN8O2. The second-order valence-corrected chi connectivity index (χ2v) is 9.39. The molecule has 0 amide bonds. The zero-order valence-electron chi connectivity index (χ0n) is 20.7. The third kappa shape index (κ3) is 6.04. The van der Waals surface area contributed by atoms with Gasteiger partial charge in [-0.3, -0.25) is 0 Å². The minimum absolute atomic E-state index is 0.118. The van der Waals surface area contributed by atoms with Crippen LogP contribution in [-0.2, 0) is 16.0 Å². The minimum Gasteiger partial charge on any atom is -0.376 e. The highest BCUT2D eigenvalue weighted by Crippen LogP contribution is 2.28. The van der Waals surface area contributed by atoms with E-state index in [9.17, 15) is 0 Å². The van der Waals surface area contributed by atoms with Crippen molar-refractivity contribution in [3.63, 3.8) is 0 Å². The second kappa shape index (κ2) is 12.1. The number of ether oxygens (including phenoxy) is 2. The minimum atomic E-state index is -0.411. The fourth-order valence-corrected chi connectivity index (χ4v) is 4.83. The van der Waals surface area contributed by atoms with Crippen molar-refractivity contribution in [3.8, 4) is 0 Å². The summed E-state index contributed by atoms with van der Waals surface area (Å²) >= 11 is 0. The molecule has 0 spiro atoms. The van der Waals surface area contributed by atoms with Crippen LogP contribution in [0, 0.1) is 5.82 Å². The van der Waals surface area contributed by atoms with Crippen LogP contribution in [-0.4, -0.2) is 88.2 Å². The summed E-state index contributed by atoms with van der Waals surface area (Å²) in [6.45, 7) is 8.34. The number of nitrogens with one attached hydrogen (secondary N) is 3. The summed E-state index contributed by atoms with van der Waals surface area (Å²) in [5, 5.41) is 9.85. The number of aromatic nitrogens is 2. The normalized spacial score (nSPS) is 23.1. The lowest BCUT2D eigenvalue weighted by Crippen LogP contribution is -2.47. The molecule has 36 heavy (non-hydrogen) atoms. The van der Waals surface area contributed by atoms with E-state index in [4.69, 9.17) is 15.2 Å². The number of morpholine rings is 2. The zero-order chi connectivity index (χ0) is 24.7. The van der Waals surface area contributed by atoms with Crippen molar-refractivity contribution in [2.24, 2.45) is 5.73 Å². The number of nitrogens with two attached hydrogens (primary N) is 1. The van der Waals surface area contributed by atoms with Crippen molar-refractivity contribution in [2.75, 3.05) is 87.2 Å². The molecule has 10 nitrogen and oxygen atoms in total. The molecular weight excluding hydrogens is 463 g/mol. The van der Waals surface area contributed by atoms with Gasteiger partial charge in [-0.1, -0.05) is 12.1 Å². The Hall–Kier alpha value is -2.57. The molecule has 3 saturated heterocycles. The highest BCUT2D eigenvalue weighted by molar-refractivity contribution is 5.54. The number of benzene rings is 1. The Balaban J connectivity index is 1.29. The van der Waals surface area contributed by atoms with E-state index in [2.05, 4.69) is 55.1 Å². The van der Waals surface area contributed by atoms with E-state index < -0.39 is 5.82 Å². The lowest BCUT2D eigenvalue weighted by Gasteiger charge is -2.37. The molecule has 3 fully saturated rings. The van der Waals surface area contributed by atoms with Gasteiger partial charge in [0.25, 0.3) is 0 Å². The van der Waals surface area contributed by atoms with Gasteiger partial charge in [0.1, 0.15) is 6.10 Å². The molecule has 0 aliphatic carbocycles. The van der Waals surface area contributed by atoms with Crippen LogP contribution in [0.25, 0.3) is 0 Å². The second-order valence-electron chi connectivity index (χ2n) is 9.39. The van der Waals surface area contributed by atoms with Gasteiger partial charge in [-0.25, -0.2) is 9.97 Å². The summed E-state index contributed by atoms with van der Waals surface area (Å²) in [7, 11) is 0. The van der Waals surface area contributed by atoms with Crippen LogP contribution in [0.15, 0.2) is 24.3 Å². The van der Waals surface area contributed by atoms with Gasteiger partial charge in [-0.05, 0) is 24.1 Å². The van der Waals surface area contributed by atoms with Crippen LogP contribution >= 0.6 is 0 Å². The van der Waals surface area contributed by atoms with Gasteiger partial charge in [0, 0.05) is 71.1 Å². The van der Waals surface area contributed by atoms with Crippen molar-refractivity contribution >= 4 is 17.3 Å². The fraction of sp³-hybridized carbons (Fsp3) is 0.600. The molecule has 0 saturated carbocycles. The molecule has 2 unspecified atom stereocenters. The van der Waals surface area contributed by atoms with Crippen molar-refractivity contribution in [1.29, 1.82) is 0 Å². The summed E-state index contributed by atoms with van der Waals surface area (Å²) in [6.07, 6.45) is 0.587. The molecule has 196 valence electrons. The van der Waals surface area contributed by atoms with Gasteiger partial charge in [-0.15, -0.1) is 0 Å². The van der Waals surface area contributed by atoms with E-state index in [1.807, 2.05) is 4.90 Å². The number of anilines is 3. The molecule has 0 radical (unpaired) electrons. The topological polar surface area (TPSA) is 113 Å². The maximum atomic E-state index is 15.7. The summed E-state index contributed by atoms with van der Waals surface area (Å²) < 4.78 is 27.4. The average Bonchev–Trinajstić information content (AvgIpc) is 2.95. The van der Waals surface area contributed by atoms with Gasteiger partial charge in [0.15, 0.2) is 17.5 Å². The van der Waals surface area contributed by atoms with Crippen LogP contribution < -0.4 is 31.5 Å². The van der Waals surface area contributed by atoms with Crippen molar-refractivity contribution < 1.29 is 13.9 Å². The van der Waals surface area contributed by atoms with Crippen LogP contribution in [0.1, 0.15) is 23.9 Å². The molecule has 5 N–H and O–H groups in total. The maximum Gasteiger partial charge on any atom is 0.207 e. The first-order chi connectivity index (χ1) is 17.7. The molecule has 0 bridgehead atoms. The largest absolute Gasteiger partial charge is 0.376 e. The number of nitrogens with zero attached hydrogens (tertiary/aromatic N) is 4. The van der Waals surface area contributed by atoms with Gasteiger partial charge >= 0.3 is 0 Å². The summed E-state index contributed by atoms with van der Waals surface area (Å²) in [4.78, 5) is 13.5. The highest BCUT2D eigenvalue weighted by atomic mass is 19.1. The predicted octanol–water partition coefficient (Wildman–Crippen LogP) is 0.852. The molecule has 11 heteroatoms. The van der Waals surface area contributed by atoms with E-state index in [-0.39, 0.29) is 18.0 Å². The lowest BCUT2D eigenvalue weighted by atomic mass is 10.2. The van der Waals surface area contributed by atoms with E-state index in [0.717, 1.165) is 50.4 Å². The molecule has 4 heterocycles. The third-order valence-corrected chi connectivity index (χ3v) is 6.95. The summed E-state index contributed by atoms with van der Waals surface area (Å²) in [5.74, 6) is 0.667. The van der Waals surface area contributed by atoms with E-state index in [0.29, 0.717) is 57.6 Å². The molecule has 2 aromatic rings. The van der Waals surface area contributed by atoms with Crippen LogP contribution in [0.5, 0.6) is 0 Å². The Labute approximate surface area is 211 Å². The Bertz CT molecular complexity index is 975. The number of rotatable bonds is 8. The van der Waals surface area contributed by atoms with Crippen LogP contribution in [0.2, 0.25) is 0 Å². The van der Waals surface area contributed by atoms with Crippen LogP contribution in [0.4, 0.5) is 21.7 Å². The summed E-state index contributed by atoms with van der Waals surface area (Å²) in [6, 6.07) is 8.32. The fourth-order valence-electron chi connectivity index (χ4n) is 4.83. The number of hydrogen-bond acceptors (Lipinski definition) is 10. The first kappa shape index (κ1) is 25.1. The molecule has 3 aliphatic rings. The molecule has 2 atom stereocenters. The number of halogens is 1. The smallest absolute Gasteiger partial charge is 0.207 e. The Morgan fingerprint density at radius 2 is 1.69 bits per heavy atom. The average molecular weight is 501 g/mol. The Morgan fingerprint density at radius 3 is 2.36 bits per heavy atom.